The summed E-state index contributed by atoms with van der Waals surface area (Å²) >= 11 is 3.18. The molecule has 0 radical (unpaired) electrons. The first-order chi connectivity index (χ1) is 13.9. The number of hydrogen-bond acceptors (Lipinski definition) is 7. The van der Waals surface area contributed by atoms with Crippen molar-refractivity contribution in [1.29, 1.82) is 5.26 Å². The van der Waals surface area contributed by atoms with E-state index in [0.29, 0.717) is 10.6 Å². The smallest absolute Gasteiger partial charge is 0.228 e. The Morgan fingerprint density at radius 1 is 1.14 bits per heavy atom. The Hall–Kier alpha value is -2.50. The van der Waals surface area contributed by atoms with Crippen LogP contribution in [-0.4, -0.2) is 29.0 Å². The van der Waals surface area contributed by atoms with E-state index in [4.69, 9.17) is 0 Å². The van der Waals surface area contributed by atoms with Gasteiger partial charge < -0.3 is 10.2 Å². The van der Waals surface area contributed by atoms with E-state index in [0.717, 1.165) is 52.4 Å². The van der Waals surface area contributed by atoms with Crippen LogP contribution in [0.3, 0.4) is 0 Å². The van der Waals surface area contributed by atoms with E-state index in [1.807, 2.05) is 13.8 Å². The Kier molecular flexibility index (Phi) is 5.28. The van der Waals surface area contributed by atoms with Crippen LogP contribution in [0.25, 0.3) is 10.2 Å². The molecule has 3 aromatic rings. The molecule has 0 aliphatic carbocycles. The Labute approximate surface area is 178 Å². The van der Waals surface area contributed by atoms with Crippen molar-refractivity contribution in [2.24, 2.45) is 5.92 Å². The molecule has 0 saturated carbocycles. The van der Waals surface area contributed by atoms with Gasteiger partial charge in [-0.3, -0.25) is 4.79 Å². The van der Waals surface area contributed by atoms with Crippen molar-refractivity contribution in [2.75, 3.05) is 23.3 Å². The molecule has 1 aliphatic rings. The summed E-state index contributed by atoms with van der Waals surface area (Å²) in [6, 6.07) is 2.22. The molecule has 1 N–H and O–H groups in total. The molecule has 3 aromatic heterocycles. The fourth-order valence-electron chi connectivity index (χ4n) is 3.82. The number of aromatic nitrogens is 2. The number of fused-ring (bicyclic) bond motifs is 1. The van der Waals surface area contributed by atoms with Gasteiger partial charge in [0.2, 0.25) is 5.91 Å². The zero-order valence-electron chi connectivity index (χ0n) is 17.0. The van der Waals surface area contributed by atoms with E-state index >= 15 is 0 Å². The number of nitrogens with zero attached hydrogens (tertiary/aromatic N) is 4. The number of nitrogens with one attached hydrogen (secondary N) is 1. The Balaban J connectivity index is 1.47. The van der Waals surface area contributed by atoms with Crippen LogP contribution >= 0.6 is 22.7 Å². The lowest BCUT2D eigenvalue weighted by Gasteiger charge is -2.32. The first-order valence-corrected chi connectivity index (χ1v) is 11.3. The molecule has 1 aliphatic heterocycles. The maximum absolute atomic E-state index is 12.8. The van der Waals surface area contributed by atoms with Gasteiger partial charge in [0.25, 0.3) is 0 Å². The number of carbonyl (C=O) groups excluding carboxylic acids is 1. The highest BCUT2D eigenvalue weighted by Crippen LogP contribution is 2.36. The van der Waals surface area contributed by atoms with Gasteiger partial charge in [-0.2, -0.15) is 5.26 Å². The fourth-order valence-corrected chi connectivity index (χ4v) is 5.83. The van der Waals surface area contributed by atoms with Gasteiger partial charge >= 0.3 is 0 Å². The van der Waals surface area contributed by atoms with Crippen LogP contribution in [0.2, 0.25) is 0 Å². The molecule has 8 heteroatoms. The number of carbonyl (C=O) groups is 1. The number of rotatable bonds is 3. The maximum atomic E-state index is 12.8. The molecule has 4 rings (SSSR count). The molecule has 0 unspecified atom stereocenters. The number of piperidine rings is 1. The summed E-state index contributed by atoms with van der Waals surface area (Å²) in [5, 5.41) is 14.2. The third-order valence-electron chi connectivity index (χ3n) is 5.84. The number of amides is 1. The minimum absolute atomic E-state index is 0.0118. The van der Waals surface area contributed by atoms with E-state index in [1.54, 1.807) is 17.7 Å². The summed E-state index contributed by atoms with van der Waals surface area (Å²) in [5.74, 6) is 0.938. The molecular weight excluding hydrogens is 402 g/mol. The highest BCUT2D eigenvalue weighted by molar-refractivity contribution is 7.18. The lowest BCUT2D eigenvalue weighted by molar-refractivity contribution is -0.120. The minimum atomic E-state index is -0.0526. The summed E-state index contributed by atoms with van der Waals surface area (Å²) in [4.78, 5) is 27.4. The standard InChI is InChI=1S/C21H23N5OS2/c1-11-13(3)28-20(16(11)9-22)25-19(27)15-5-7-26(8-6-15)18-17-12(2)14(4)29-21(17)24-10-23-18/h10,15H,5-8H2,1-4H3,(H,25,27). The maximum Gasteiger partial charge on any atom is 0.228 e. The highest BCUT2D eigenvalue weighted by Gasteiger charge is 2.28. The Morgan fingerprint density at radius 3 is 2.52 bits per heavy atom. The quantitative estimate of drug-likeness (QED) is 0.657. The van der Waals surface area contributed by atoms with Crippen molar-refractivity contribution >= 4 is 49.6 Å². The number of anilines is 2. The lowest BCUT2D eigenvalue weighted by Crippen LogP contribution is -2.38. The van der Waals surface area contributed by atoms with Crippen LogP contribution < -0.4 is 10.2 Å². The molecule has 6 nitrogen and oxygen atoms in total. The van der Waals surface area contributed by atoms with Crippen LogP contribution in [0.4, 0.5) is 10.8 Å². The average Bonchev–Trinajstić information content (AvgIpc) is 3.16. The highest BCUT2D eigenvalue weighted by atomic mass is 32.1. The zero-order chi connectivity index (χ0) is 20.7. The second-order valence-corrected chi connectivity index (χ2v) is 9.94. The first-order valence-electron chi connectivity index (χ1n) is 9.67. The van der Waals surface area contributed by atoms with Crippen molar-refractivity contribution in [1.82, 2.24) is 9.97 Å². The number of nitriles is 1. The van der Waals surface area contributed by atoms with Crippen molar-refractivity contribution in [3.63, 3.8) is 0 Å². The van der Waals surface area contributed by atoms with Crippen molar-refractivity contribution in [3.8, 4) is 6.07 Å². The second-order valence-electron chi connectivity index (χ2n) is 7.51. The zero-order valence-corrected chi connectivity index (χ0v) is 18.6. The number of aryl methyl sites for hydroxylation is 3. The fraction of sp³-hybridized carbons (Fsp3) is 0.429. The summed E-state index contributed by atoms with van der Waals surface area (Å²) in [5.41, 5.74) is 2.79. The minimum Gasteiger partial charge on any atom is -0.356 e. The summed E-state index contributed by atoms with van der Waals surface area (Å²) in [6.45, 7) is 9.71. The average molecular weight is 426 g/mol. The Bertz CT molecular complexity index is 1130. The van der Waals surface area contributed by atoms with Gasteiger partial charge in [0.1, 0.15) is 28.0 Å². The van der Waals surface area contributed by atoms with Gasteiger partial charge in [-0.25, -0.2) is 9.97 Å². The van der Waals surface area contributed by atoms with Crippen LogP contribution in [0.15, 0.2) is 6.33 Å². The predicted molar refractivity (Wildman–Crippen MR) is 119 cm³/mol. The molecule has 150 valence electrons. The topological polar surface area (TPSA) is 81.9 Å². The molecule has 1 amide bonds. The molecule has 1 saturated heterocycles. The van der Waals surface area contributed by atoms with Gasteiger partial charge in [-0.1, -0.05) is 0 Å². The van der Waals surface area contributed by atoms with Crippen LogP contribution in [0, 0.1) is 44.9 Å². The number of hydrogen-bond donors (Lipinski definition) is 1. The van der Waals surface area contributed by atoms with Crippen LogP contribution in [-0.2, 0) is 4.79 Å². The third-order valence-corrected chi connectivity index (χ3v) is 8.08. The normalized spacial score (nSPS) is 14.9. The van der Waals surface area contributed by atoms with Crippen molar-refractivity contribution in [3.05, 3.63) is 32.8 Å². The predicted octanol–water partition coefficient (Wildman–Crippen LogP) is 4.71. The monoisotopic (exact) mass is 425 g/mol. The van der Waals surface area contributed by atoms with E-state index in [-0.39, 0.29) is 11.8 Å². The molecule has 29 heavy (non-hydrogen) atoms. The van der Waals surface area contributed by atoms with Crippen LogP contribution in [0.1, 0.15) is 39.3 Å². The second kappa shape index (κ2) is 7.73. The summed E-state index contributed by atoms with van der Waals surface area (Å²) < 4.78 is 0. The molecule has 4 heterocycles. The first kappa shape index (κ1) is 19.8. The molecular formula is C21H23N5OS2. The largest absolute Gasteiger partial charge is 0.356 e. The summed E-state index contributed by atoms with van der Waals surface area (Å²) in [6.07, 6.45) is 3.17. The molecule has 0 bridgehead atoms. The van der Waals surface area contributed by atoms with Crippen molar-refractivity contribution in [2.45, 2.75) is 40.5 Å². The Morgan fingerprint density at radius 2 is 1.83 bits per heavy atom. The van der Waals surface area contributed by atoms with Gasteiger partial charge in [-0.05, 0) is 51.7 Å². The molecule has 0 aromatic carbocycles. The lowest BCUT2D eigenvalue weighted by atomic mass is 9.95. The van der Waals surface area contributed by atoms with Gasteiger partial charge in [0.05, 0.1) is 10.9 Å². The van der Waals surface area contributed by atoms with E-state index in [1.165, 1.54) is 21.8 Å². The van der Waals surface area contributed by atoms with E-state index in [2.05, 4.69) is 40.1 Å². The molecule has 1 fully saturated rings. The third kappa shape index (κ3) is 3.49. The van der Waals surface area contributed by atoms with Gasteiger partial charge in [-0.15, -0.1) is 22.7 Å². The van der Waals surface area contributed by atoms with E-state index in [9.17, 15) is 10.1 Å². The van der Waals surface area contributed by atoms with Gasteiger partial charge in [0, 0.05) is 28.8 Å². The van der Waals surface area contributed by atoms with Crippen LogP contribution in [0.5, 0.6) is 0 Å². The van der Waals surface area contributed by atoms with Crippen molar-refractivity contribution < 1.29 is 4.79 Å². The van der Waals surface area contributed by atoms with Gasteiger partial charge in [0.15, 0.2) is 0 Å². The van der Waals surface area contributed by atoms with E-state index < -0.39 is 0 Å². The number of thiophene rings is 2. The SMILES string of the molecule is Cc1sc(NC(=O)C2CCN(c3ncnc4sc(C)c(C)c34)CC2)c(C#N)c1C. The molecule has 0 atom stereocenters. The summed E-state index contributed by atoms with van der Waals surface area (Å²) in [7, 11) is 0. The molecule has 0 spiro atoms.